The van der Waals surface area contributed by atoms with Crippen molar-refractivity contribution in [3.8, 4) is 0 Å². The molecule has 0 aromatic carbocycles. The summed E-state index contributed by atoms with van der Waals surface area (Å²) in [5.74, 6) is 0.00594. The van der Waals surface area contributed by atoms with Crippen molar-refractivity contribution in [2.45, 2.75) is 46.6 Å². The van der Waals surface area contributed by atoms with Crippen LogP contribution in [0.3, 0.4) is 0 Å². The van der Waals surface area contributed by atoms with E-state index in [1.165, 1.54) is 6.07 Å². The van der Waals surface area contributed by atoms with Crippen molar-refractivity contribution in [2.75, 3.05) is 11.9 Å². The predicted octanol–water partition coefficient (Wildman–Crippen LogP) is 3.21. The first-order valence-electron chi connectivity index (χ1n) is 7.19. The van der Waals surface area contributed by atoms with E-state index in [-0.39, 0.29) is 17.5 Å². The summed E-state index contributed by atoms with van der Waals surface area (Å²) in [6.45, 7) is 8.81. The molecule has 2 N–H and O–H groups in total. The topological polar surface area (TPSA) is 54.0 Å². The highest BCUT2D eigenvalue weighted by atomic mass is 19.1. The molecule has 0 fully saturated rings. The summed E-state index contributed by atoms with van der Waals surface area (Å²) < 4.78 is 13.3. The van der Waals surface area contributed by atoms with Gasteiger partial charge in [0.15, 0.2) is 0 Å². The standard InChI is InChI=1S/C15H24FN3O/c1-5-7-17-14-13(8-12(16)9-18-14)15(20)19-11(4)10(3)6-2/h8-11H,5-7H2,1-4H3,(H,17,18)(H,19,20). The number of pyridine rings is 1. The minimum Gasteiger partial charge on any atom is -0.369 e. The van der Waals surface area contributed by atoms with Gasteiger partial charge in [0, 0.05) is 12.6 Å². The Morgan fingerprint density at radius 3 is 2.70 bits per heavy atom. The zero-order chi connectivity index (χ0) is 15.1. The van der Waals surface area contributed by atoms with E-state index in [1.807, 2.05) is 13.8 Å². The van der Waals surface area contributed by atoms with Crippen LogP contribution in [0.15, 0.2) is 12.3 Å². The van der Waals surface area contributed by atoms with Crippen LogP contribution in [0.2, 0.25) is 0 Å². The van der Waals surface area contributed by atoms with Gasteiger partial charge < -0.3 is 10.6 Å². The molecule has 0 aliphatic rings. The van der Waals surface area contributed by atoms with Gasteiger partial charge in [-0.25, -0.2) is 9.37 Å². The van der Waals surface area contributed by atoms with E-state index in [0.717, 1.165) is 19.0 Å². The lowest BCUT2D eigenvalue weighted by Crippen LogP contribution is -2.37. The molecule has 20 heavy (non-hydrogen) atoms. The largest absolute Gasteiger partial charge is 0.369 e. The zero-order valence-corrected chi connectivity index (χ0v) is 12.7. The highest BCUT2D eigenvalue weighted by Crippen LogP contribution is 2.15. The van der Waals surface area contributed by atoms with E-state index in [9.17, 15) is 9.18 Å². The number of nitrogens with zero attached hydrogens (tertiary/aromatic N) is 1. The lowest BCUT2D eigenvalue weighted by atomic mass is 10.0. The van der Waals surface area contributed by atoms with E-state index in [1.54, 1.807) is 0 Å². The number of halogens is 1. The van der Waals surface area contributed by atoms with Gasteiger partial charge in [-0.05, 0) is 25.3 Å². The van der Waals surface area contributed by atoms with Gasteiger partial charge in [-0.3, -0.25) is 4.79 Å². The highest BCUT2D eigenvalue weighted by molar-refractivity contribution is 5.98. The van der Waals surface area contributed by atoms with E-state index in [0.29, 0.717) is 18.3 Å². The van der Waals surface area contributed by atoms with E-state index >= 15 is 0 Å². The van der Waals surface area contributed by atoms with Crippen LogP contribution in [0.5, 0.6) is 0 Å². The first-order chi connectivity index (χ1) is 9.49. The van der Waals surface area contributed by atoms with Crippen LogP contribution in [-0.4, -0.2) is 23.5 Å². The van der Waals surface area contributed by atoms with Crippen LogP contribution in [-0.2, 0) is 0 Å². The summed E-state index contributed by atoms with van der Waals surface area (Å²) in [6.07, 6.45) is 3.00. The van der Waals surface area contributed by atoms with Crippen molar-refractivity contribution in [3.05, 3.63) is 23.6 Å². The molecule has 4 nitrogen and oxygen atoms in total. The van der Waals surface area contributed by atoms with Gasteiger partial charge in [-0.15, -0.1) is 0 Å². The number of hydrogen-bond donors (Lipinski definition) is 2. The Balaban J connectivity index is 2.87. The van der Waals surface area contributed by atoms with E-state index < -0.39 is 5.82 Å². The van der Waals surface area contributed by atoms with Crippen molar-refractivity contribution >= 4 is 11.7 Å². The number of hydrogen-bond acceptors (Lipinski definition) is 3. The zero-order valence-electron chi connectivity index (χ0n) is 12.7. The summed E-state index contributed by atoms with van der Waals surface area (Å²) in [5.41, 5.74) is 0.258. The summed E-state index contributed by atoms with van der Waals surface area (Å²) in [7, 11) is 0. The third-order valence-corrected chi connectivity index (χ3v) is 3.50. The fourth-order valence-electron chi connectivity index (χ4n) is 1.78. The van der Waals surface area contributed by atoms with Gasteiger partial charge in [-0.2, -0.15) is 0 Å². The molecule has 2 atom stereocenters. The molecular weight excluding hydrogens is 257 g/mol. The van der Waals surface area contributed by atoms with Crippen LogP contribution >= 0.6 is 0 Å². The Morgan fingerprint density at radius 1 is 1.40 bits per heavy atom. The predicted molar refractivity (Wildman–Crippen MR) is 79.4 cm³/mol. The van der Waals surface area contributed by atoms with Gasteiger partial charge in [0.05, 0.1) is 11.8 Å². The van der Waals surface area contributed by atoms with E-state index in [4.69, 9.17) is 0 Å². The normalized spacial score (nSPS) is 13.7. The summed E-state index contributed by atoms with van der Waals surface area (Å²) in [5, 5.41) is 5.95. The molecule has 0 aliphatic heterocycles. The van der Waals surface area contributed by atoms with Crippen LogP contribution in [0, 0.1) is 11.7 Å². The van der Waals surface area contributed by atoms with Crippen molar-refractivity contribution in [2.24, 2.45) is 5.92 Å². The molecule has 1 rings (SSSR count). The van der Waals surface area contributed by atoms with Crippen molar-refractivity contribution in [1.82, 2.24) is 10.3 Å². The van der Waals surface area contributed by atoms with Crippen LogP contribution in [0.25, 0.3) is 0 Å². The summed E-state index contributed by atoms with van der Waals surface area (Å²) >= 11 is 0. The van der Waals surface area contributed by atoms with Gasteiger partial charge in [0.25, 0.3) is 5.91 Å². The third-order valence-electron chi connectivity index (χ3n) is 3.50. The molecule has 0 saturated carbocycles. The van der Waals surface area contributed by atoms with Crippen LogP contribution in [0.1, 0.15) is 50.9 Å². The minimum atomic E-state index is -0.506. The van der Waals surface area contributed by atoms with Gasteiger partial charge in [0.1, 0.15) is 11.6 Å². The number of rotatable bonds is 7. The molecule has 1 aromatic heterocycles. The van der Waals surface area contributed by atoms with Crippen molar-refractivity contribution in [1.29, 1.82) is 0 Å². The maximum atomic E-state index is 13.3. The number of carbonyl (C=O) groups excluding carboxylic acids is 1. The fraction of sp³-hybridized carbons (Fsp3) is 0.600. The Kier molecular flexibility index (Phi) is 6.42. The van der Waals surface area contributed by atoms with E-state index in [2.05, 4.69) is 29.5 Å². The molecule has 0 spiro atoms. The number of amides is 1. The minimum absolute atomic E-state index is 0.0368. The average molecular weight is 281 g/mol. The van der Waals surface area contributed by atoms with Gasteiger partial charge in [-0.1, -0.05) is 27.2 Å². The molecule has 112 valence electrons. The smallest absolute Gasteiger partial charge is 0.255 e. The van der Waals surface area contributed by atoms with Gasteiger partial charge >= 0.3 is 0 Å². The average Bonchev–Trinajstić information content (AvgIpc) is 2.44. The molecule has 1 aromatic rings. The Bertz CT molecular complexity index is 451. The number of aromatic nitrogens is 1. The van der Waals surface area contributed by atoms with Crippen LogP contribution < -0.4 is 10.6 Å². The molecule has 5 heteroatoms. The SMILES string of the molecule is CCCNc1ncc(F)cc1C(=O)NC(C)C(C)CC. The first kappa shape index (κ1) is 16.4. The molecule has 0 saturated heterocycles. The summed E-state index contributed by atoms with van der Waals surface area (Å²) in [6, 6.07) is 1.26. The quantitative estimate of drug-likeness (QED) is 0.807. The Morgan fingerprint density at radius 2 is 2.10 bits per heavy atom. The second kappa shape index (κ2) is 7.82. The lowest BCUT2D eigenvalue weighted by Gasteiger charge is -2.20. The molecular formula is C15H24FN3O. The van der Waals surface area contributed by atoms with Gasteiger partial charge in [0.2, 0.25) is 0 Å². The number of carbonyl (C=O) groups is 1. The van der Waals surface area contributed by atoms with Crippen molar-refractivity contribution in [3.63, 3.8) is 0 Å². The fourth-order valence-corrected chi connectivity index (χ4v) is 1.78. The molecule has 1 amide bonds. The third kappa shape index (κ3) is 4.47. The monoisotopic (exact) mass is 281 g/mol. The maximum Gasteiger partial charge on any atom is 0.255 e. The lowest BCUT2D eigenvalue weighted by molar-refractivity contribution is 0.0928. The van der Waals surface area contributed by atoms with Crippen molar-refractivity contribution < 1.29 is 9.18 Å². The first-order valence-corrected chi connectivity index (χ1v) is 7.19. The second-order valence-electron chi connectivity index (χ2n) is 5.12. The maximum absolute atomic E-state index is 13.3. The number of nitrogens with one attached hydrogen (secondary N) is 2. The molecule has 2 unspecified atom stereocenters. The molecule has 0 aliphatic carbocycles. The molecule has 0 radical (unpaired) electrons. The van der Waals surface area contributed by atoms with Crippen LogP contribution in [0.4, 0.5) is 10.2 Å². The Hall–Kier alpha value is -1.65. The summed E-state index contributed by atoms with van der Waals surface area (Å²) in [4.78, 5) is 16.2. The Labute approximate surface area is 120 Å². The number of anilines is 1. The molecule has 0 bridgehead atoms. The molecule has 1 heterocycles. The second-order valence-corrected chi connectivity index (χ2v) is 5.12. The highest BCUT2D eigenvalue weighted by Gasteiger charge is 2.18.